The molecule has 5 atom stereocenters. The van der Waals surface area contributed by atoms with Crippen LogP contribution in [0.4, 0.5) is 0 Å². The molecule has 2 saturated carbocycles. The van der Waals surface area contributed by atoms with Crippen molar-refractivity contribution in [2.45, 2.75) is 25.4 Å². The van der Waals surface area contributed by atoms with Crippen LogP contribution in [-0.2, 0) is 14.3 Å². The molecule has 0 spiro atoms. The van der Waals surface area contributed by atoms with Gasteiger partial charge in [-0.3, -0.25) is 9.59 Å². The van der Waals surface area contributed by atoms with Crippen molar-refractivity contribution in [1.29, 1.82) is 0 Å². The minimum Gasteiger partial charge on any atom is -0.481 e. The highest BCUT2D eigenvalue weighted by Crippen LogP contribution is 2.55. The average molecular weight is 196 g/mol. The average Bonchev–Trinajstić information content (AvgIpc) is 2.69. The largest absolute Gasteiger partial charge is 0.481 e. The Morgan fingerprint density at radius 3 is 2.93 bits per heavy atom. The third-order valence-corrected chi connectivity index (χ3v) is 4.08. The van der Waals surface area contributed by atoms with E-state index >= 15 is 0 Å². The molecule has 1 N–H and O–H groups in total. The van der Waals surface area contributed by atoms with Crippen molar-refractivity contribution in [3.05, 3.63) is 0 Å². The molecule has 14 heavy (non-hydrogen) atoms. The zero-order chi connectivity index (χ0) is 9.87. The summed E-state index contributed by atoms with van der Waals surface area (Å²) >= 11 is 0. The van der Waals surface area contributed by atoms with Crippen molar-refractivity contribution in [2.24, 2.45) is 23.7 Å². The number of hydrogen-bond donors (Lipinski definition) is 1. The molecule has 3 fully saturated rings. The fourth-order valence-corrected chi connectivity index (χ4v) is 3.56. The molecular formula is C10H12O4. The van der Waals surface area contributed by atoms with Gasteiger partial charge in [-0.15, -0.1) is 0 Å². The molecule has 1 saturated heterocycles. The Morgan fingerprint density at radius 1 is 1.43 bits per heavy atom. The predicted octanol–water partition coefficient (Wildman–Crippen LogP) is 0.659. The molecule has 0 amide bonds. The van der Waals surface area contributed by atoms with Gasteiger partial charge in [-0.2, -0.15) is 0 Å². The summed E-state index contributed by atoms with van der Waals surface area (Å²) in [6.07, 6.45) is 2.30. The van der Waals surface area contributed by atoms with Crippen molar-refractivity contribution < 1.29 is 19.4 Å². The van der Waals surface area contributed by atoms with Crippen molar-refractivity contribution in [3.63, 3.8) is 0 Å². The summed E-state index contributed by atoms with van der Waals surface area (Å²) in [5.41, 5.74) is 0. The maximum absolute atomic E-state index is 11.4. The Kier molecular flexibility index (Phi) is 1.47. The zero-order valence-electron chi connectivity index (χ0n) is 7.68. The van der Waals surface area contributed by atoms with Gasteiger partial charge in [-0.25, -0.2) is 0 Å². The SMILES string of the molecule is O=C(O)[C@H]1C[C@H]2C(=O)O[C@H]3CC[C@@H]1[C@H]32. The maximum atomic E-state index is 11.4. The minimum atomic E-state index is -0.738. The van der Waals surface area contributed by atoms with Gasteiger partial charge in [0.25, 0.3) is 0 Å². The Bertz CT molecular complexity index is 311. The summed E-state index contributed by atoms with van der Waals surface area (Å²) in [6, 6.07) is 0. The lowest BCUT2D eigenvalue weighted by Crippen LogP contribution is -2.20. The van der Waals surface area contributed by atoms with Gasteiger partial charge in [-0.05, 0) is 25.2 Å². The molecule has 1 heterocycles. The molecule has 3 rings (SSSR count). The quantitative estimate of drug-likeness (QED) is 0.626. The van der Waals surface area contributed by atoms with Crippen LogP contribution in [0.2, 0.25) is 0 Å². The number of carboxylic acids is 1. The Morgan fingerprint density at radius 2 is 2.21 bits per heavy atom. The van der Waals surface area contributed by atoms with Crippen LogP contribution >= 0.6 is 0 Å². The van der Waals surface area contributed by atoms with E-state index in [1.165, 1.54) is 0 Å². The number of carbonyl (C=O) groups is 2. The van der Waals surface area contributed by atoms with Crippen LogP contribution in [0.15, 0.2) is 0 Å². The van der Waals surface area contributed by atoms with Crippen LogP contribution < -0.4 is 0 Å². The van der Waals surface area contributed by atoms with E-state index in [2.05, 4.69) is 0 Å². The first-order valence-electron chi connectivity index (χ1n) is 5.12. The predicted molar refractivity (Wildman–Crippen MR) is 45.3 cm³/mol. The Labute approximate surface area is 81.2 Å². The lowest BCUT2D eigenvalue weighted by Gasteiger charge is -2.13. The van der Waals surface area contributed by atoms with E-state index in [1.54, 1.807) is 0 Å². The first kappa shape index (κ1) is 8.26. The van der Waals surface area contributed by atoms with Gasteiger partial charge >= 0.3 is 11.9 Å². The number of aliphatic carboxylic acids is 1. The van der Waals surface area contributed by atoms with E-state index in [4.69, 9.17) is 9.84 Å². The number of carbonyl (C=O) groups excluding carboxylic acids is 1. The fraction of sp³-hybridized carbons (Fsp3) is 0.800. The summed E-state index contributed by atoms with van der Waals surface area (Å²) in [6.45, 7) is 0. The second-order valence-electron chi connectivity index (χ2n) is 4.58. The van der Waals surface area contributed by atoms with E-state index in [-0.39, 0.29) is 35.7 Å². The number of hydrogen-bond acceptors (Lipinski definition) is 3. The molecule has 0 aromatic heterocycles. The lowest BCUT2D eigenvalue weighted by atomic mass is 9.91. The van der Waals surface area contributed by atoms with Crippen molar-refractivity contribution >= 4 is 11.9 Å². The topological polar surface area (TPSA) is 63.6 Å². The van der Waals surface area contributed by atoms with Crippen LogP contribution in [0, 0.1) is 23.7 Å². The van der Waals surface area contributed by atoms with E-state index in [9.17, 15) is 9.59 Å². The van der Waals surface area contributed by atoms with Crippen molar-refractivity contribution in [3.8, 4) is 0 Å². The minimum absolute atomic E-state index is 0.0295. The van der Waals surface area contributed by atoms with Crippen LogP contribution in [0.3, 0.4) is 0 Å². The smallest absolute Gasteiger partial charge is 0.309 e. The second-order valence-corrected chi connectivity index (χ2v) is 4.58. The first-order chi connectivity index (χ1) is 6.68. The lowest BCUT2D eigenvalue weighted by molar-refractivity contribution is -0.146. The van der Waals surface area contributed by atoms with Crippen LogP contribution in [0.1, 0.15) is 19.3 Å². The van der Waals surface area contributed by atoms with Crippen LogP contribution in [0.25, 0.3) is 0 Å². The summed E-state index contributed by atoms with van der Waals surface area (Å²) < 4.78 is 5.22. The maximum Gasteiger partial charge on any atom is 0.309 e. The third kappa shape index (κ3) is 0.837. The van der Waals surface area contributed by atoms with E-state index in [0.29, 0.717) is 6.42 Å². The molecule has 0 aromatic rings. The summed E-state index contributed by atoms with van der Waals surface area (Å²) in [5.74, 6) is -0.916. The second kappa shape index (κ2) is 2.49. The number of carboxylic acid groups (broad SMARTS) is 1. The van der Waals surface area contributed by atoms with E-state index < -0.39 is 5.97 Å². The zero-order valence-corrected chi connectivity index (χ0v) is 7.68. The van der Waals surface area contributed by atoms with Crippen LogP contribution in [0.5, 0.6) is 0 Å². The molecule has 4 heteroatoms. The van der Waals surface area contributed by atoms with E-state index in [0.717, 1.165) is 12.8 Å². The normalized spacial score (nSPS) is 49.1. The summed E-state index contributed by atoms with van der Waals surface area (Å²) in [5, 5.41) is 9.02. The molecule has 2 aliphatic carbocycles. The summed E-state index contributed by atoms with van der Waals surface area (Å²) in [7, 11) is 0. The van der Waals surface area contributed by atoms with Gasteiger partial charge in [-0.1, -0.05) is 0 Å². The van der Waals surface area contributed by atoms with Gasteiger partial charge in [0, 0.05) is 5.92 Å². The molecule has 0 radical (unpaired) electrons. The van der Waals surface area contributed by atoms with Crippen molar-refractivity contribution in [1.82, 2.24) is 0 Å². The van der Waals surface area contributed by atoms with Gasteiger partial charge in [0.2, 0.25) is 0 Å². The highest BCUT2D eigenvalue weighted by molar-refractivity contribution is 5.79. The first-order valence-corrected chi connectivity index (χ1v) is 5.12. The molecule has 1 aliphatic heterocycles. The highest BCUT2D eigenvalue weighted by Gasteiger charge is 2.60. The molecular weight excluding hydrogens is 184 g/mol. The number of rotatable bonds is 1. The van der Waals surface area contributed by atoms with Gasteiger partial charge < -0.3 is 9.84 Å². The Balaban J connectivity index is 1.94. The van der Waals surface area contributed by atoms with Gasteiger partial charge in [0.1, 0.15) is 6.10 Å². The number of esters is 1. The molecule has 0 aromatic carbocycles. The summed E-state index contributed by atoms with van der Waals surface area (Å²) in [4.78, 5) is 22.4. The monoisotopic (exact) mass is 196 g/mol. The standard InChI is InChI=1S/C10H12O4/c11-9(12)5-3-6-8-4(5)1-2-7(8)14-10(6)13/h4-8H,1-3H2,(H,11,12)/t4-,5-,6+,7-,8-/m0/s1. The van der Waals surface area contributed by atoms with Gasteiger partial charge in [0.05, 0.1) is 11.8 Å². The Hall–Kier alpha value is -1.06. The van der Waals surface area contributed by atoms with Crippen molar-refractivity contribution in [2.75, 3.05) is 0 Å². The molecule has 4 nitrogen and oxygen atoms in total. The fourth-order valence-electron chi connectivity index (χ4n) is 3.56. The molecule has 0 unspecified atom stereocenters. The van der Waals surface area contributed by atoms with Gasteiger partial charge in [0.15, 0.2) is 0 Å². The van der Waals surface area contributed by atoms with E-state index in [1.807, 2.05) is 0 Å². The molecule has 3 aliphatic rings. The van der Waals surface area contributed by atoms with Crippen LogP contribution in [-0.4, -0.2) is 23.1 Å². The third-order valence-electron chi connectivity index (χ3n) is 4.08. The number of ether oxygens (including phenoxy) is 1. The molecule has 76 valence electrons. The molecule has 0 bridgehead atoms. The highest BCUT2D eigenvalue weighted by atomic mass is 16.6.